The Balaban J connectivity index is 2.19. The van der Waals surface area contributed by atoms with Crippen molar-refractivity contribution in [2.24, 2.45) is 0 Å². The summed E-state index contributed by atoms with van der Waals surface area (Å²) < 4.78 is 0. The minimum absolute atomic E-state index is 0.137. The molecule has 0 unspecified atom stereocenters. The lowest BCUT2D eigenvalue weighted by atomic mass is 10.1. The number of alkyl halides is 1. The molecule has 0 bridgehead atoms. The first-order chi connectivity index (χ1) is 6.18. The van der Waals surface area contributed by atoms with Gasteiger partial charge in [0.25, 0.3) is 0 Å². The van der Waals surface area contributed by atoms with Crippen LogP contribution in [0.15, 0.2) is 24.3 Å². The van der Waals surface area contributed by atoms with E-state index in [1.807, 2.05) is 12.1 Å². The average Bonchev–Trinajstić information content (AvgIpc) is 2.83. The van der Waals surface area contributed by atoms with Crippen molar-refractivity contribution in [3.63, 3.8) is 0 Å². The van der Waals surface area contributed by atoms with Crippen molar-refractivity contribution >= 4 is 21.7 Å². The first-order valence-electron chi connectivity index (χ1n) is 4.43. The highest BCUT2D eigenvalue weighted by molar-refractivity contribution is 9.09. The van der Waals surface area contributed by atoms with E-state index in [4.69, 9.17) is 0 Å². The Morgan fingerprint density at radius 2 is 1.92 bits per heavy atom. The van der Waals surface area contributed by atoms with Gasteiger partial charge < -0.3 is 0 Å². The standard InChI is InChI=1S/C11H11BrO/c1-7(13)8-2-4-9(5-3-8)10-6-11(10)12/h2-5,10-11H,6H2,1H3/t10-,11-/m1/s1. The summed E-state index contributed by atoms with van der Waals surface area (Å²) in [6.45, 7) is 1.60. The Hall–Kier alpha value is -0.630. The lowest BCUT2D eigenvalue weighted by molar-refractivity contribution is 0.101. The van der Waals surface area contributed by atoms with Crippen LogP contribution in [0.4, 0.5) is 0 Å². The summed E-state index contributed by atoms with van der Waals surface area (Å²) >= 11 is 3.57. The first kappa shape index (κ1) is 8.95. The van der Waals surface area contributed by atoms with Gasteiger partial charge in [0.1, 0.15) is 0 Å². The Bertz CT molecular complexity index is 328. The molecule has 0 radical (unpaired) electrons. The third kappa shape index (κ3) is 1.83. The molecule has 0 aliphatic heterocycles. The molecule has 1 aromatic rings. The Labute approximate surface area is 86.3 Å². The van der Waals surface area contributed by atoms with Crippen LogP contribution >= 0.6 is 15.9 Å². The number of Topliss-reactive ketones (excluding diaryl/α,β-unsaturated/α-hetero) is 1. The number of carbonyl (C=O) groups is 1. The second kappa shape index (κ2) is 3.26. The fourth-order valence-electron chi connectivity index (χ4n) is 1.47. The maximum Gasteiger partial charge on any atom is 0.159 e. The highest BCUT2D eigenvalue weighted by atomic mass is 79.9. The fourth-order valence-corrected chi connectivity index (χ4v) is 2.18. The van der Waals surface area contributed by atoms with Gasteiger partial charge in [0.05, 0.1) is 0 Å². The minimum atomic E-state index is 0.137. The molecular formula is C11H11BrO. The molecule has 0 heterocycles. The molecule has 13 heavy (non-hydrogen) atoms. The number of hydrogen-bond acceptors (Lipinski definition) is 1. The predicted octanol–water partition coefficient (Wildman–Crippen LogP) is 3.14. The summed E-state index contributed by atoms with van der Waals surface area (Å²) in [6.07, 6.45) is 1.22. The molecule has 0 spiro atoms. The summed E-state index contributed by atoms with van der Waals surface area (Å²) in [7, 11) is 0. The summed E-state index contributed by atoms with van der Waals surface area (Å²) in [5.74, 6) is 0.804. The normalized spacial score (nSPS) is 25.7. The molecule has 68 valence electrons. The maximum absolute atomic E-state index is 11.0. The molecule has 2 rings (SSSR count). The zero-order chi connectivity index (χ0) is 9.42. The second-order valence-electron chi connectivity index (χ2n) is 3.54. The zero-order valence-electron chi connectivity index (χ0n) is 7.46. The van der Waals surface area contributed by atoms with Crippen molar-refractivity contribution in [3.8, 4) is 0 Å². The van der Waals surface area contributed by atoms with Gasteiger partial charge in [-0.2, -0.15) is 0 Å². The van der Waals surface area contributed by atoms with Crippen LogP contribution in [0.25, 0.3) is 0 Å². The number of carbonyl (C=O) groups excluding carboxylic acids is 1. The van der Waals surface area contributed by atoms with E-state index in [0.717, 1.165) is 5.56 Å². The van der Waals surface area contributed by atoms with Crippen molar-refractivity contribution in [1.82, 2.24) is 0 Å². The molecule has 2 atom stereocenters. The third-order valence-corrected chi connectivity index (χ3v) is 3.47. The molecule has 0 saturated heterocycles. The second-order valence-corrected chi connectivity index (χ2v) is 4.71. The smallest absolute Gasteiger partial charge is 0.159 e. The van der Waals surface area contributed by atoms with Gasteiger partial charge in [-0.05, 0) is 24.8 Å². The largest absolute Gasteiger partial charge is 0.295 e. The van der Waals surface area contributed by atoms with Gasteiger partial charge in [0, 0.05) is 10.4 Å². The van der Waals surface area contributed by atoms with E-state index in [2.05, 4.69) is 28.1 Å². The van der Waals surface area contributed by atoms with E-state index >= 15 is 0 Å². The Morgan fingerprint density at radius 3 is 2.31 bits per heavy atom. The van der Waals surface area contributed by atoms with E-state index < -0.39 is 0 Å². The van der Waals surface area contributed by atoms with Crippen molar-refractivity contribution in [2.45, 2.75) is 24.1 Å². The fraction of sp³-hybridized carbons (Fsp3) is 0.364. The van der Waals surface area contributed by atoms with Gasteiger partial charge in [-0.15, -0.1) is 0 Å². The highest BCUT2D eigenvalue weighted by Gasteiger charge is 2.35. The maximum atomic E-state index is 11.0. The van der Waals surface area contributed by atoms with Crippen LogP contribution in [0.2, 0.25) is 0 Å². The quantitative estimate of drug-likeness (QED) is 0.572. The number of rotatable bonds is 2. The molecule has 1 aliphatic carbocycles. The number of ketones is 1. The van der Waals surface area contributed by atoms with Crippen molar-refractivity contribution < 1.29 is 4.79 Å². The zero-order valence-corrected chi connectivity index (χ0v) is 9.04. The number of hydrogen-bond donors (Lipinski definition) is 0. The molecule has 1 aromatic carbocycles. The average molecular weight is 239 g/mol. The Morgan fingerprint density at radius 1 is 1.38 bits per heavy atom. The van der Waals surface area contributed by atoms with E-state index in [1.165, 1.54) is 12.0 Å². The molecular weight excluding hydrogens is 228 g/mol. The van der Waals surface area contributed by atoms with Crippen molar-refractivity contribution in [3.05, 3.63) is 35.4 Å². The van der Waals surface area contributed by atoms with Crippen LogP contribution < -0.4 is 0 Å². The van der Waals surface area contributed by atoms with Crippen LogP contribution in [0.3, 0.4) is 0 Å². The molecule has 1 nitrogen and oxygen atoms in total. The summed E-state index contributed by atoms with van der Waals surface area (Å²) in [5.41, 5.74) is 2.14. The topological polar surface area (TPSA) is 17.1 Å². The molecule has 0 amide bonds. The van der Waals surface area contributed by atoms with Gasteiger partial charge >= 0.3 is 0 Å². The molecule has 0 N–H and O–H groups in total. The summed E-state index contributed by atoms with van der Waals surface area (Å²) in [5, 5.41) is 0. The Kier molecular flexibility index (Phi) is 2.24. The molecule has 1 saturated carbocycles. The van der Waals surface area contributed by atoms with Crippen LogP contribution in [-0.4, -0.2) is 10.6 Å². The van der Waals surface area contributed by atoms with Crippen LogP contribution in [0, 0.1) is 0 Å². The lowest BCUT2D eigenvalue weighted by Crippen LogP contribution is -1.91. The third-order valence-electron chi connectivity index (χ3n) is 2.46. The summed E-state index contributed by atoms with van der Waals surface area (Å²) in [4.78, 5) is 11.6. The van der Waals surface area contributed by atoms with Crippen LogP contribution in [-0.2, 0) is 0 Å². The summed E-state index contributed by atoms with van der Waals surface area (Å²) in [6, 6.07) is 7.94. The van der Waals surface area contributed by atoms with E-state index in [-0.39, 0.29) is 5.78 Å². The molecule has 0 aromatic heterocycles. The van der Waals surface area contributed by atoms with Gasteiger partial charge in [0.2, 0.25) is 0 Å². The highest BCUT2D eigenvalue weighted by Crippen LogP contribution is 2.46. The van der Waals surface area contributed by atoms with Gasteiger partial charge in [-0.3, -0.25) is 4.79 Å². The van der Waals surface area contributed by atoms with Crippen LogP contribution in [0.1, 0.15) is 35.2 Å². The van der Waals surface area contributed by atoms with Crippen molar-refractivity contribution in [2.75, 3.05) is 0 Å². The molecule has 2 heteroatoms. The van der Waals surface area contributed by atoms with E-state index in [1.54, 1.807) is 6.92 Å². The minimum Gasteiger partial charge on any atom is -0.295 e. The molecule has 1 aliphatic rings. The lowest BCUT2D eigenvalue weighted by Gasteiger charge is -1.99. The van der Waals surface area contributed by atoms with Crippen LogP contribution in [0.5, 0.6) is 0 Å². The first-order valence-corrected chi connectivity index (χ1v) is 5.35. The SMILES string of the molecule is CC(=O)c1ccc([C@H]2C[C@H]2Br)cc1. The van der Waals surface area contributed by atoms with E-state index in [0.29, 0.717) is 10.7 Å². The molecule has 1 fully saturated rings. The van der Waals surface area contributed by atoms with Gasteiger partial charge in [-0.1, -0.05) is 40.2 Å². The predicted molar refractivity (Wildman–Crippen MR) is 56.5 cm³/mol. The monoisotopic (exact) mass is 238 g/mol. The van der Waals surface area contributed by atoms with E-state index in [9.17, 15) is 4.79 Å². The number of benzene rings is 1. The van der Waals surface area contributed by atoms with Crippen molar-refractivity contribution in [1.29, 1.82) is 0 Å². The van der Waals surface area contributed by atoms with Gasteiger partial charge in [-0.25, -0.2) is 0 Å². The number of halogens is 1. The van der Waals surface area contributed by atoms with Gasteiger partial charge in [0.15, 0.2) is 5.78 Å².